The smallest absolute Gasteiger partial charge is 0.164 e. The molecule has 14 heavy (non-hydrogen) atoms. The fraction of sp³-hybridized carbons (Fsp3) is 0.300. The third-order valence-electron chi connectivity index (χ3n) is 1.92. The summed E-state index contributed by atoms with van der Waals surface area (Å²) in [6, 6.07) is 4.89. The van der Waals surface area contributed by atoms with Crippen LogP contribution in [0.25, 0.3) is 0 Å². The fourth-order valence-electron chi connectivity index (χ4n) is 1.18. The lowest BCUT2D eigenvalue weighted by Crippen LogP contribution is -2.07. The van der Waals surface area contributed by atoms with Crippen molar-refractivity contribution in [3.8, 4) is 0 Å². The summed E-state index contributed by atoms with van der Waals surface area (Å²) in [5.41, 5.74) is 11.9. The van der Waals surface area contributed by atoms with E-state index in [0.29, 0.717) is 35.7 Å². The van der Waals surface area contributed by atoms with E-state index >= 15 is 0 Å². The van der Waals surface area contributed by atoms with E-state index in [1.54, 1.807) is 18.2 Å². The molecule has 1 rings (SSSR count). The van der Waals surface area contributed by atoms with Crippen LogP contribution in [0.15, 0.2) is 18.2 Å². The first-order valence-electron chi connectivity index (χ1n) is 4.43. The Labute approximate surface area is 88.0 Å². The van der Waals surface area contributed by atoms with Gasteiger partial charge in [0.1, 0.15) is 0 Å². The Kier molecular flexibility index (Phi) is 3.92. The number of anilines is 1. The molecule has 0 amide bonds. The zero-order valence-corrected chi connectivity index (χ0v) is 8.55. The van der Waals surface area contributed by atoms with Gasteiger partial charge in [-0.05, 0) is 31.2 Å². The summed E-state index contributed by atoms with van der Waals surface area (Å²) in [6.07, 6.45) is 1.11. The fourth-order valence-corrected chi connectivity index (χ4v) is 1.37. The Morgan fingerprint density at radius 2 is 2.14 bits per heavy atom. The second-order valence-corrected chi connectivity index (χ2v) is 3.48. The van der Waals surface area contributed by atoms with Gasteiger partial charge in [-0.2, -0.15) is 0 Å². The monoisotopic (exact) mass is 212 g/mol. The maximum atomic E-state index is 11.6. The van der Waals surface area contributed by atoms with E-state index in [4.69, 9.17) is 23.1 Å². The first kappa shape index (κ1) is 11.0. The molecule has 0 spiro atoms. The maximum Gasteiger partial charge on any atom is 0.164 e. The largest absolute Gasteiger partial charge is 0.398 e. The number of hydrogen-bond acceptors (Lipinski definition) is 3. The van der Waals surface area contributed by atoms with Gasteiger partial charge >= 0.3 is 0 Å². The van der Waals surface area contributed by atoms with Crippen molar-refractivity contribution in [3.05, 3.63) is 28.8 Å². The van der Waals surface area contributed by atoms with Crippen molar-refractivity contribution in [2.24, 2.45) is 5.73 Å². The number of halogens is 1. The van der Waals surface area contributed by atoms with Crippen LogP contribution in [0.3, 0.4) is 0 Å². The standard InChI is InChI=1S/C10H13ClN2O/c11-7-3-4-8(9(13)6-7)10(14)2-1-5-12/h3-4,6H,1-2,5,12-13H2. The van der Waals surface area contributed by atoms with Gasteiger partial charge in [0.15, 0.2) is 5.78 Å². The van der Waals surface area contributed by atoms with Crippen LogP contribution >= 0.6 is 11.6 Å². The molecule has 4 heteroatoms. The number of rotatable bonds is 4. The quantitative estimate of drug-likeness (QED) is 0.591. The van der Waals surface area contributed by atoms with Gasteiger partial charge in [0, 0.05) is 22.7 Å². The Balaban J connectivity index is 2.80. The molecule has 1 aromatic carbocycles. The SMILES string of the molecule is NCCCC(=O)c1ccc(Cl)cc1N. The average Bonchev–Trinajstić information content (AvgIpc) is 2.14. The molecule has 1 aromatic rings. The molecule has 76 valence electrons. The number of hydrogen-bond donors (Lipinski definition) is 2. The summed E-state index contributed by atoms with van der Waals surface area (Å²) >= 11 is 5.71. The van der Waals surface area contributed by atoms with E-state index in [0.717, 1.165) is 0 Å². The number of ketones is 1. The summed E-state index contributed by atoms with van der Waals surface area (Å²) in [6.45, 7) is 0.513. The molecule has 0 atom stereocenters. The summed E-state index contributed by atoms with van der Waals surface area (Å²) in [4.78, 5) is 11.6. The summed E-state index contributed by atoms with van der Waals surface area (Å²) in [5, 5.41) is 0.540. The maximum absolute atomic E-state index is 11.6. The van der Waals surface area contributed by atoms with E-state index in [-0.39, 0.29) is 5.78 Å². The molecule has 3 nitrogen and oxygen atoms in total. The van der Waals surface area contributed by atoms with Gasteiger partial charge < -0.3 is 11.5 Å². The number of carbonyl (C=O) groups is 1. The Morgan fingerprint density at radius 3 is 2.71 bits per heavy atom. The molecule has 4 N–H and O–H groups in total. The highest BCUT2D eigenvalue weighted by atomic mass is 35.5. The highest BCUT2D eigenvalue weighted by molar-refractivity contribution is 6.31. The van der Waals surface area contributed by atoms with Gasteiger partial charge in [0.25, 0.3) is 0 Å². The van der Waals surface area contributed by atoms with Crippen LogP contribution in [0, 0.1) is 0 Å². The molecule has 0 heterocycles. The zero-order chi connectivity index (χ0) is 10.6. The second kappa shape index (κ2) is 4.98. The summed E-state index contributed by atoms with van der Waals surface area (Å²) in [5.74, 6) is 0.0182. The van der Waals surface area contributed by atoms with Crippen LogP contribution in [0.4, 0.5) is 5.69 Å². The van der Waals surface area contributed by atoms with Crippen LogP contribution in [0.2, 0.25) is 5.02 Å². The zero-order valence-electron chi connectivity index (χ0n) is 7.79. The van der Waals surface area contributed by atoms with Gasteiger partial charge in [0.05, 0.1) is 0 Å². The van der Waals surface area contributed by atoms with Crippen molar-refractivity contribution in [1.29, 1.82) is 0 Å². The number of carbonyl (C=O) groups excluding carboxylic acids is 1. The van der Waals surface area contributed by atoms with E-state index in [9.17, 15) is 4.79 Å². The minimum Gasteiger partial charge on any atom is -0.398 e. The molecular formula is C10H13ClN2O. The van der Waals surface area contributed by atoms with Gasteiger partial charge in [-0.25, -0.2) is 0 Å². The lowest BCUT2D eigenvalue weighted by molar-refractivity contribution is 0.0981. The van der Waals surface area contributed by atoms with Crippen LogP contribution < -0.4 is 11.5 Å². The van der Waals surface area contributed by atoms with Crippen LogP contribution in [-0.4, -0.2) is 12.3 Å². The average molecular weight is 213 g/mol. The molecule has 0 unspecified atom stereocenters. The minimum absolute atomic E-state index is 0.0182. The third-order valence-corrected chi connectivity index (χ3v) is 2.16. The number of nitrogen functional groups attached to an aromatic ring is 1. The Hall–Kier alpha value is -1.06. The molecule has 0 aliphatic rings. The van der Waals surface area contributed by atoms with E-state index in [1.165, 1.54) is 0 Å². The Morgan fingerprint density at radius 1 is 1.43 bits per heavy atom. The predicted octanol–water partition coefficient (Wildman–Crippen LogP) is 1.84. The van der Waals surface area contributed by atoms with Crippen LogP contribution in [0.1, 0.15) is 23.2 Å². The van der Waals surface area contributed by atoms with Crippen LogP contribution in [-0.2, 0) is 0 Å². The van der Waals surface area contributed by atoms with Crippen molar-refractivity contribution in [2.45, 2.75) is 12.8 Å². The topological polar surface area (TPSA) is 69.1 Å². The molecule has 0 saturated heterocycles. The van der Waals surface area contributed by atoms with Gasteiger partial charge in [-0.1, -0.05) is 11.6 Å². The number of nitrogens with two attached hydrogens (primary N) is 2. The predicted molar refractivity (Wildman–Crippen MR) is 58.5 cm³/mol. The summed E-state index contributed by atoms with van der Waals surface area (Å²) < 4.78 is 0. The minimum atomic E-state index is 0.0182. The molecule has 0 aromatic heterocycles. The molecule has 0 saturated carbocycles. The van der Waals surface area contributed by atoms with Crippen molar-refractivity contribution in [2.75, 3.05) is 12.3 Å². The lowest BCUT2D eigenvalue weighted by Gasteiger charge is -2.04. The van der Waals surface area contributed by atoms with Gasteiger partial charge in [-0.15, -0.1) is 0 Å². The molecule has 0 fully saturated rings. The number of Topliss-reactive ketones (excluding diaryl/α,β-unsaturated/α-hetero) is 1. The summed E-state index contributed by atoms with van der Waals surface area (Å²) in [7, 11) is 0. The van der Waals surface area contributed by atoms with E-state index in [1.807, 2.05) is 0 Å². The third kappa shape index (κ3) is 2.72. The first-order chi connectivity index (χ1) is 6.65. The molecule has 0 aliphatic carbocycles. The van der Waals surface area contributed by atoms with Crippen molar-refractivity contribution in [3.63, 3.8) is 0 Å². The van der Waals surface area contributed by atoms with Crippen LogP contribution in [0.5, 0.6) is 0 Å². The van der Waals surface area contributed by atoms with Crippen molar-refractivity contribution < 1.29 is 4.79 Å². The molecule has 0 bridgehead atoms. The molecule has 0 radical (unpaired) electrons. The normalized spacial score (nSPS) is 10.1. The molecule has 0 aliphatic heterocycles. The van der Waals surface area contributed by atoms with E-state index < -0.39 is 0 Å². The molecular weight excluding hydrogens is 200 g/mol. The second-order valence-electron chi connectivity index (χ2n) is 3.05. The lowest BCUT2D eigenvalue weighted by atomic mass is 10.1. The van der Waals surface area contributed by atoms with E-state index in [2.05, 4.69) is 0 Å². The van der Waals surface area contributed by atoms with Crippen molar-refractivity contribution in [1.82, 2.24) is 0 Å². The Bertz CT molecular complexity index is 339. The van der Waals surface area contributed by atoms with Gasteiger partial charge in [0.2, 0.25) is 0 Å². The van der Waals surface area contributed by atoms with Gasteiger partial charge in [-0.3, -0.25) is 4.79 Å². The highest BCUT2D eigenvalue weighted by Gasteiger charge is 2.08. The first-order valence-corrected chi connectivity index (χ1v) is 4.81. The number of benzene rings is 1. The van der Waals surface area contributed by atoms with Crippen molar-refractivity contribution >= 4 is 23.1 Å². The highest BCUT2D eigenvalue weighted by Crippen LogP contribution is 2.19.